The first-order chi connectivity index (χ1) is 13.4. The number of ether oxygens (including phenoxy) is 1. The van der Waals surface area contributed by atoms with Gasteiger partial charge >= 0.3 is 5.97 Å². The van der Waals surface area contributed by atoms with E-state index in [-0.39, 0.29) is 17.8 Å². The predicted molar refractivity (Wildman–Crippen MR) is 104 cm³/mol. The summed E-state index contributed by atoms with van der Waals surface area (Å²) in [6.07, 6.45) is 3.64. The molecule has 0 N–H and O–H groups in total. The highest BCUT2D eigenvalue weighted by atomic mass is 32.2. The summed E-state index contributed by atoms with van der Waals surface area (Å²) in [4.78, 5) is 26.2. The van der Waals surface area contributed by atoms with Gasteiger partial charge in [-0.2, -0.15) is 4.31 Å². The van der Waals surface area contributed by atoms with Gasteiger partial charge in [0, 0.05) is 26.1 Å². The molecule has 1 aromatic carbocycles. The molecule has 0 aromatic heterocycles. The third-order valence-electron chi connectivity index (χ3n) is 5.96. The molecule has 3 aliphatic rings. The summed E-state index contributed by atoms with van der Waals surface area (Å²) >= 11 is 0. The van der Waals surface area contributed by atoms with Crippen molar-refractivity contribution in [3.63, 3.8) is 0 Å². The Bertz CT molecular complexity index is 886. The number of nitrogens with zero attached hydrogens (tertiary/aromatic N) is 2. The number of carbonyl (C=O) groups excluding carboxylic acids is 2. The molecule has 1 amide bonds. The number of benzene rings is 1. The summed E-state index contributed by atoms with van der Waals surface area (Å²) in [7, 11) is -3.62. The zero-order valence-electron chi connectivity index (χ0n) is 16.1. The van der Waals surface area contributed by atoms with Crippen LogP contribution in [0.15, 0.2) is 17.0 Å². The van der Waals surface area contributed by atoms with Gasteiger partial charge in [0.2, 0.25) is 15.9 Å². The van der Waals surface area contributed by atoms with Crippen molar-refractivity contribution in [2.45, 2.75) is 50.3 Å². The Hall–Kier alpha value is -1.93. The first-order valence-corrected chi connectivity index (χ1v) is 11.5. The monoisotopic (exact) mass is 406 g/mol. The summed E-state index contributed by atoms with van der Waals surface area (Å²) in [6, 6.07) is 3.49. The second kappa shape index (κ2) is 7.48. The van der Waals surface area contributed by atoms with Crippen LogP contribution in [-0.2, 0) is 37.2 Å². The number of carbonyl (C=O) groups is 2. The number of amides is 1. The zero-order chi connectivity index (χ0) is 19.9. The fraction of sp³-hybridized carbons (Fsp3) is 0.600. The van der Waals surface area contributed by atoms with E-state index in [2.05, 4.69) is 0 Å². The van der Waals surface area contributed by atoms with Crippen molar-refractivity contribution in [1.82, 2.24) is 4.31 Å². The molecule has 0 spiro atoms. The van der Waals surface area contributed by atoms with Crippen LogP contribution in [0.3, 0.4) is 0 Å². The number of hydrogen-bond acceptors (Lipinski definition) is 5. The minimum atomic E-state index is -3.62. The minimum Gasteiger partial charge on any atom is -0.466 e. The molecule has 0 aliphatic carbocycles. The number of sulfonamides is 1. The van der Waals surface area contributed by atoms with Crippen LogP contribution in [0.25, 0.3) is 0 Å². The maximum Gasteiger partial charge on any atom is 0.309 e. The van der Waals surface area contributed by atoms with E-state index < -0.39 is 10.0 Å². The molecule has 3 aliphatic heterocycles. The lowest BCUT2D eigenvalue weighted by Gasteiger charge is -2.36. The SMILES string of the molecule is CCOC(=O)C1CCN(S(=O)(=O)c2cc3c4c(c2)CCC(=O)N4CCC3)CC1. The highest BCUT2D eigenvalue weighted by Gasteiger charge is 2.35. The van der Waals surface area contributed by atoms with E-state index in [0.717, 1.165) is 29.7 Å². The maximum atomic E-state index is 13.2. The van der Waals surface area contributed by atoms with Crippen LogP contribution < -0.4 is 4.90 Å². The molecule has 3 heterocycles. The average Bonchev–Trinajstić information content (AvgIpc) is 2.71. The van der Waals surface area contributed by atoms with Crippen LogP contribution in [0.1, 0.15) is 43.7 Å². The lowest BCUT2D eigenvalue weighted by atomic mass is 9.92. The van der Waals surface area contributed by atoms with E-state index in [9.17, 15) is 18.0 Å². The van der Waals surface area contributed by atoms with Gasteiger partial charge in [-0.25, -0.2) is 8.42 Å². The molecule has 0 bridgehead atoms. The number of hydrogen-bond donors (Lipinski definition) is 0. The maximum absolute atomic E-state index is 13.2. The van der Waals surface area contributed by atoms with Gasteiger partial charge in [-0.05, 0) is 62.3 Å². The van der Waals surface area contributed by atoms with Gasteiger partial charge in [0.15, 0.2) is 0 Å². The first-order valence-electron chi connectivity index (χ1n) is 10.0. The number of piperidine rings is 1. The molecule has 0 radical (unpaired) electrons. The number of esters is 1. The highest BCUT2D eigenvalue weighted by molar-refractivity contribution is 7.89. The van der Waals surface area contributed by atoms with E-state index in [1.807, 2.05) is 4.90 Å². The Kier molecular flexibility index (Phi) is 5.18. The van der Waals surface area contributed by atoms with Crippen molar-refractivity contribution in [1.29, 1.82) is 0 Å². The second-order valence-electron chi connectivity index (χ2n) is 7.67. The molecule has 7 nitrogen and oxygen atoms in total. The molecule has 8 heteroatoms. The summed E-state index contributed by atoms with van der Waals surface area (Å²) in [5, 5.41) is 0. The molecule has 1 saturated heterocycles. The van der Waals surface area contributed by atoms with Crippen LogP contribution in [0.2, 0.25) is 0 Å². The van der Waals surface area contributed by atoms with E-state index in [4.69, 9.17) is 4.74 Å². The third-order valence-corrected chi connectivity index (χ3v) is 7.84. The number of aryl methyl sites for hydroxylation is 2. The van der Waals surface area contributed by atoms with Crippen molar-refractivity contribution in [2.24, 2.45) is 5.92 Å². The summed E-state index contributed by atoms with van der Waals surface area (Å²) in [6.45, 7) is 3.47. The van der Waals surface area contributed by atoms with E-state index in [1.165, 1.54) is 4.31 Å². The van der Waals surface area contributed by atoms with Gasteiger partial charge < -0.3 is 9.64 Å². The molecule has 1 fully saturated rings. The van der Waals surface area contributed by atoms with E-state index in [0.29, 0.717) is 56.8 Å². The third kappa shape index (κ3) is 3.33. The Labute approximate surface area is 165 Å². The normalized spacial score (nSPS) is 20.8. The smallest absolute Gasteiger partial charge is 0.309 e. The fourth-order valence-corrected chi connectivity index (χ4v) is 6.08. The van der Waals surface area contributed by atoms with Crippen LogP contribution in [0.4, 0.5) is 5.69 Å². The van der Waals surface area contributed by atoms with Gasteiger partial charge in [-0.3, -0.25) is 9.59 Å². The molecule has 4 rings (SSSR count). The largest absolute Gasteiger partial charge is 0.466 e. The number of anilines is 1. The lowest BCUT2D eigenvalue weighted by molar-refractivity contribution is -0.149. The molecule has 0 unspecified atom stereocenters. The van der Waals surface area contributed by atoms with E-state index in [1.54, 1.807) is 19.1 Å². The van der Waals surface area contributed by atoms with Crippen molar-refractivity contribution < 1.29 is 22.7 Å². The molecule has 1 aromatic rings. The Balaban J connectivity index is 1.58. The highest BCUT2D eigenvalue weighted by Crippen LogP contribution is 2.38. The van der Waals surface area contributed by atoms with Gasteiger partial charge in [0.05, 0.1) is 23.1 Å². The molecule has 28 heavy (non-hydrogen) atoms. The Morgan fingerprint density at radius 2 is 1.79 bits per heavy atom. The standard InChI is InChI=1S/C20H26N2O5S/c1-2-27-20(24)14-7-10-21(11-8-14)28(25,26)17-12-15-4-3-9-22-18(23)6-5-16(13-17)19(15)22/h12-14H,2-11H2,1H3. The van der Waals surface area contributed by atoms with Gasteiger partial charge in [0.1, 0.15) is 0 Å². The summed E-state index contributed by atoms with van der Waals surface area (Å²) < 4.78 is 33.0. The average molecular weight is 407 g/mol. The predicted octanol–water partition coefficient (Wildman–Crippen LogP) is 1.88. The number of rotatable bonds is 4. The van der Waals surface area contributed by atoms with Crippen LogP contribution in [0.5, 0.6) is 0 Å². The topological polar surface area (TPSA) is 84.0 Å². The molecule has 152 valence electrons. The van der Waals surface area contributed by atoms with E-state index >= 15 is 0 Å². The molecular weight excluding hydrogens is 380 g/mol. The van der Waals surface area contributed by atoms with Crippen molar-refractivity contribution >= 4 is 27.6 Å². The van der Waals surface area contributed by atoms with Crippen LogP contribution in [0, 0.1) is 5.92 Å². The van der Waals surface area contributed by atoms with Gasteiger partial charge in [-0.1, -0.05) is 0 Å². The Morgan fingerprint density at radius 1 is 1.11 bits per heavy atom. The zero-order valence-corrected chi connectivity index (χ0v) is 17.0. The summed E-state index contributed by atoms with van der Waals surface area (Å²) in [5.41, 5.74) is 2.84. The quantitative estimate of drug-likeness (QED) is 0.713. The summed E-state index contributed by atoms with van der Waals surface area (Å²) in [5.74, 6) is -0.330. The van der Waals surface area contributed by atoms with Gasteiger partial charge in [-0.15, -0.1) is 0 Å². The van der Waals surface area contributed by atoms with Crippen LogP contribution >= 0.6 is 0 Å². The Morgan fingerprint density at radius 3 is 2.46 bits per heavy atom. The lowest BCUT2D eigenvalue weighted by Crippen LogP contribution is -2.41. The van der Waals surface area contributed by atoms with Gasteiger partial charge in [0.25, 0.3) is 0 Å². The molecule has 0 atom stereocenters. The fourth-order valence-electron chi connectivity index (χ4n) is 4.51. The van der Waals surface area contributed by atoms with Crippen LogP contribution in [-0.4, -0.2) is 50.8 Å². The first kappa shape index (κ1) is 19.4. The van der Waals surface area contributed by atoms with Crippen molar-refractivity contribution in [2.75, 3.05) is 31.1 Å². The van der Waals surface area contributed by atoms with Crippen molar-refractivity contribution in [3.8, 4) is 0 Å². The molecular formula is C20H26N2O5S. The second-order valence-corrected chi connectivity index (χ2v) is 9.61. The molecule has 0 saturated carbocycles. The van der Waals surface area contributed by atoms with Crippen molar-refractivity contribution in [3.05, 3.63) is 23.3 Å². The minimum absolute atomic E-state index is 0.130.